The van der Waals surface area contributed by atoms with Crippen molar-refractivity contribution in [3.63, 3.8) is 0 Å². The highest BCUT2D eigenvalue weighted by Gasteiger charge is 2.24. The van der Waals surface area contributed by atoms with E-state index in [1.54, 1.807) is 0 Å². The van der Waals surface area contributed by atoms with Crippen LogP contribution in [0.15, 0.2) is 54.6 Å². The first kappa shape index (κ1) is 19.8. The van der Waals surface area contributed by atoms with Gasteiger partial charge in [0, 0.05) is 29.3 Å². The van der Waals surface area contributed by atoms with Crippen molar-refractivity contribution in [3.05, 3.63) is 77.1 Å². The summed E-state index contributed by atoms with van der Waals surface area (Å²) in [7, 11) is 2.08. The van der Waals surface area contributed by atoms with E-state index in [9.17, 15) is 14.0 Å². The topological polar surface area (TPSA) is 72.6 Å². The molecule has 0 radical (unpaired) electrons. The van der Waals surface area contributed by atoms with Gasteiger partial charge in [-0.2, -0.15) is 0 Å². The Kier molecular flexibility index (Phi) is 6.21. The van der Waals surface area contributed by atoms with Gasteiger partial charge in [-0.25, -0.2) is 4.39 Å². The van der Waals surface area contributed by atoms with Gasteiger partial charge in [0.05, 0.1) is 0 Å². The zero-order valence-corrected chi connectivity index (χ0v) is 15.7. The molecule has 0 aromatic heterocycles. The molecule has 0 aliphatic heterocycles. The fourth-order valence-corrected chi connectivity index (χ4v) is 2.82. The molecule has 0 spiro atoms. The number of hydrogen-bond donors (Lipinski definition) is 1. The molecule has 1 saturated carbocycles. The number of nitrogens with two attached hydrogens (primary N) is 1. The molecule has 0 bridgehead atoms. The third-order valence-corrected chi connectivity index (χ3v) is 4.69. The third-order valence-electron chi connectivity index (χ3n) is 4.69. The molecule has 28 heavy (non-hydrogen) atoms. The molecular weight excluding hydrogens is 359 g/mol. The summed E-state index contributed by atoms with van der Waals surface area (Å²) < 4.78 is 19.7. The van der Waals surface area contributed by atoms with Crippen LogP contribution in [0, 0.1) is 5.82 Å². The van der Waals surface area contributed by atoms with Gasteiger partial charge in [-0.3, -0.25) is 14.5 Å². The number of rotatable bonds is 9. The minimum atomic E-state index is -0.594. The van der Waals surface area contributed by atoms with E-state index in [-0.39, 0.29) is 23.7 Å². The lowest BCUT2D eigenvalue weighted by molar-refractivity contribution is 0.0996. The molecule has 2 aromatic rings. The first-order valence-corrected chi connectivity index (χ1v) is 9.18. The highest BCUT2D eigenvalue weighted by Crippen LogP contribution is 2.25. The van der Waals surface area contributed by atoms with Gasteiger partial charge in [0.2, 0.25) is 5.91 Å². The number of carbonyl (C=O) groups excluding carboxylic acids is 2. The second kappa shape index (κ2) is 8.80. The molecule has 1 aliphatic rings. The van der Waals surface area contributed by atoms with Crippen LogP contribution in [0.1, 0.15) is 39.1 Å². The fraction of sp³-hybridized carbons (Fsp3) is 0.273. The lowest BCUT2D eigenvalue weighted by Gasteiger charge is -2.12. The van der Waals surface area contributed by atoms with Crippen LogP contribution in [-0.4, -0.2) is 42.8 Å². The Morgan fingerprint density at radius 3 is 2.36 bits per heavy atom. The zero-order chi connectivity index (χ0) is 20.1. The van der Waals surface area contributed by atoms with E-state index in [2.05, 4.69) is 11.9 Å². The molecule has 1 fully saturated rings. The lowest BCUT2D eigenvalue weighted by atomic mass is 10.0. The summed E-state index contributed by atoms with van der Waals surface area (Å²) in [5.41, 5.74) is 6.05. The second-order valence-corrected chi connectivity index (χ2v) is 6.87. The standard InChI is InChI=1S/C22H23FN2O3/c1-25(18-9-10-18)12-2-3-13-28-20-11-8-17(14-19(20)23)21(26)15-4-6-16(7-5-15)22(24)27/h2-8,11,14,18H,9-10,12-13H2,1H3,(H2,24,27)/b3-2+. The Hall–Kier alpha value is -2.99. The van der Waals surface area contributed by atoms with Crippen LogP contribution in [0.25, 0.3) is 0 Å². The number of benzene rings is 2. The largest absolute Gasteiger partial charge is 0.486 e. The number of hydrogen-bond acceptors (Lipinski definition) is 4. The molecule has 146 valence electrons. The van der Waals surface area contributed by atoms with Crippen LogP contribution < -0.4 is 10.5 Å². The molecule has 6 heteroatoms. The molecule has 2 aromatic carbocycles. The van der Waals surface area contributed by atoms with Crippen LogP contribution in [0.3, 0.4) is 0 Å². The first-order chi connectivity index (χ1) is 13.5. The molecule has 2 N–H and O–H groups in total. The maximum atomic E-state index is 14.3. The number of primary amides is 1. The third kappa shape index (κ3) is 5.04. The molecule has 1 aliphatic carbocycles. The predicted molar refractivity (Wildman–Crippen MR) is 105 cm³/mol. The van der Waals surface area contributed by atoms with Crippen LogP contribution in [0.4, 0.5) is 4.39 Å². The van der Waals surface area contributed by atoms with Crippen LogP contribution >= 0.6 is 0 Å². The normalized spacial score (nSPS) is 13.8. The van der Waals surface area contributed by atoms with Gasteiger partial charge in [-0.1, -0.05) is 24.3 Å². The predicted octanol–water partition coefficient (Wildman–Crippen LogP) is 3.18. The van der Waals surface area contributed by atoms with Crippen molar-refractivity contribution in [1.29, 1.82) is 0 Å². The summed E-state index contributed by atoms with van der Waals surface area (Å²) in [6, 6.07) is 10.7. The van der Waals surface area contributed by atoms with Crippen LogP contribution in [-0.2, 0) is 0 Å². The summed E-state index contributed by atoms with van der Waals surface area (Å²) in [6.45, 7) is 1.11. The summed E-state index contributed by atoms with van der Waals surface area (Å²) in [6.07, 6.45) is 6.38. The summed E-state index contributed by atoms with van der Waals surface area (Å²) in [4.78, 5) is 25.8. The Morgan fingerprint density at radius 1 is 1.11 bits per heavy atom. The summed E-state index contributed by atoms with van der Waals surface area (Å²) in [5.74, 6) is -1.41. The molecule has 0 unspecified atom stereocenters. The molecule has 3 rings (SSSR count). The van der Waals surface area contributed by atoms with Crippen molar-refractivity contribution in [3.8, 4) is 5.75 Å². The van der Waals surface area contributed by atoms with Gasteiger partial charge in [0.15, 0.2) is 17.3 Å². The average molecular weight is 382 g/mol. The van der Waals surface area contributed by atoms with Crippen molar-refractivity contribution >= 4 is 11.7 Å². The fourth-order valence-electron chi connectivity index (χ4n) is 2.82. The van der Waals surface area contributed by atoms with Crippen molar-refractivity contribution in [1.82, 2.24) is 4.90 Å². The summed E-state index contributed by atoms with van der Waals surface area (Å²) >= 11 is 0. The number of ether oxygens (including phenoxy) is 1. The van der Waals surface area contributed by atoms with Crippen molar-refractivity contribution in [2.45, 2.75) is 18.9 Å². The van der Waals surface area contributed by atoms with E-state index in [1.165, 1.54) is 49.2 Å². The number of ketones is 1. The average Bonchev–Trinajstić information content (AvgIpc) is 3.53. The van der Waals surface area contributed by atoms with E-state index in [0.717, 1.165) is 12.6 Å². The molecular formula is C22H23FN2O3. The zero-order valence-electron chi connectivity index (χ0n) is 15.7. The number of likely N-dealkylation sites (N-methyl/N-ethyl adjacent to an activating group) is 1. The van der Waals surface area contributed by atoms with E-state index in [4.69, 9.17) is 10.5 Å². The number of nitrogens with zero attached hydrogens (tertiary/aromatic N) is 1. The molecule has 5 nitrogen and oxygen atoms in total. The van der Waals surface area contributed by atoms with E-state index in [0.29, 0.717) is 17.2 Å². The SMILES string of the molecule is CN(C/C=C/COc1ccc(C(=O)c2ccc(C(N)=O)cc2)cc1F)C1CC1. The number of carbonyl (C=O) groups is 2. The van der Waals surface area contributed by atoms with E-state index in [1.807, 2.05) is 12.2 Å². The van der Waals surface area contributed by atoms with Crippen molar-refractivity contribution in [2.75, 3.05) is 20.2 Å². The maximum absolute atomic E-state index is 14.3. The van der Waals surface area contributed by atoms with Crippen LogP contribution in [0.5, 0.6) is 5.75 Å². The summed E-state index contributed by atoms with van der Waals surface area (Å²) in [5, 5.41) is 0. The van der Waals surface area contributed by atoms with Crippen LogP contribution in [0.2, 0.25) is 0 Å². The monoisotopic (exact) mass is 382 g/mol. The molecule has 0 atom stereocenters. The minimum absolute atomic E-state index is 0.0980. The van der Waals surface area contributed by atoms with Crippen molar-refractivity contribution < 1.29 is 18.7 Å². The van der Waals surface area contributed by atoms with Gasteiger partial charge >= 0.3 is 0 Å². The highest BCUT2D eigenvalue weighted by atomic mass is 19.1. The molecule has 0 saturated heterocycles. The van der Waals surface area contributed by atoms with Crippen molar-refractivity contribution in [2.24, 2.45) is 5.73 Å². The van der Waals surface area contributed by atoms with Gasteiger partial charge < -0.3 is 10.5 Å². The Morgan fingerprint density at radius 2 is 1.75 bits per heavy atom. The van der Waals surface area contributed by atoms with E-state index >= 15 is 0 Å². The van der Waals surface area contributed by atoms with E-state index < -0.39 is 11.7 Å². The van der Waals surface area contributed by atoms with Gasteiger partial charge in [0.1, 0.15) is 6.61 Å². The lowest BCUT2D eigenvalue weighted by Crippen LogP contribution is -2.20. The Bertz CT molecular complexity index is 889. The highest BCUT2D eigenvalue weighted by molar-refractivity contribution is 6.09. The van der Waals surface area contributed by atoms with Gasteiger partial charge in [-0.15, -0.1) is 0 Å². The quantitative estimate of drug-likeness (QED) is 0.534. The van der Waals surface area contributed by atoms with Gasteiger partial charge in [-0.05, 0) is 50.2 Å². The smallest absolute Gasteiger partial charge is 0.248 e. The number of amides is 1. The Balaban J connectivity index is 1.57. The first-order valence-electron chi connectivity index (χ1n) is 9.18. The minimum Gasteiger partial charge on any atom is -0.486 e. The molecule has 1 amide bonds. The number of halogens is 1. The second-order valence-electron chi connectivity index (χ2n) is 6.87. The molecule has 0 heterocycles. The Labute approximate surface area is 163 Å². The maximum Gasteiger partial charge on any atom is 0.248 e. The van der Waals surface area contributed by atoms with Gasteiger partial charge in [0.25, 0.3) is 0 Å².